The summed E-state index contributed by atoms with van der Waals surface area (Å²) in [5.74, 6) is 0.622. The molecule has 2 aromatic carbocycles. The average Bonchev–Trinajstić information content (AvgIpc) is 3.04. The Labute approximate surface area is 185 Å². The van der Waals surface area contributed by atoms with Gasteiger partial charge in [0, 0.05) is 30.9 Å². The quantitative estimate of drug-likeness (QED) is 0.674. The molecule has 0 saturated carbocycles. The van der Waals surface area contributed by atoms with E-state index in [2.05, 4.69) is 5.32 Å². The Balaban J connectivity index is 1.57. The molecule has 31 heavy (non-hydrogen) atoms. The van der Waals surface area contributed by atoms with Gasteiger partial charge in [0.25, 0.3) is 0 Å². The van der Waals surface area contributed by atoms with Gasteiger partial charge in [-0.15, -0.1) is 0 Å². The smallest absolute Gasteiger partial charge is 0.243 e. The Morgan fingerprint density at radius 3 is 2.32 bits per heavy atom. The zero-order valence-corrected chi connectivity index (χ0v) is 19.0. The number of para-hydroxylation sites is 1. The van der Waals surface area contributed by atoms with E-state index in [1.165, 1.54) is 0 Å². The molecule has 1 aliphatic heterocycles. The van der Waals surface area contributed by atoms with E-state index in [1.54, 1.807) is 35.7 Å². The fourth-order valence-electron chi connectivity index (χ4n) is 3.77. The minimum atomic E-state index is -3.49. The van der Waals surface area contributed by atoms with Crippen LogP contribution in [0.15, 0.2) is 53.4 Å². The molecule has 0 aliphatic carbocycles. The summed E-state index contributed by atoms with van der Waals surface area (Å²) in [5.41, 5.74) is 1.58. The summed E-state index contributed by atoms with van der Waals surface area (Å²) in [7, 11) is 0.000904. The van der Waals surface area contributed by atoms with Crippen molar-refractivity contribution < 1.29 is 17.9 Å². The van der Waals surface area contributed by atoms with Crippen LogP contribution in [-0.2, 0) is 21.4 Å². The number of likely N-dealkylation sites (N-methyl/N-ethyl adjacent to an activating group) is 1. The number of benzene rings is 2. The number of anilines is 1. The highest BCUT2D eigenvalue weighted by molar-refractivity contribution is 7.89. The van der Waals surface area contributed by atoms with Crippen molar-refractivity contribution >= 4 is 21.6 Å². The first-order valence-corrected chi connectivity index (χ1v) is 12.0. The molecule has 0 atom stereocenters. The molecule has 8 heteroatoms. The second kappa shape index (κ2) is 10.7. The summed E-state index contributed by atoms with van der Waals surface area (Å²) in [6, 6.07) is 14.1. The summed E-state index contributed by atoms with van der Waals surface area (Å²) >= 11 is 0. The third-order valence-electron chi connectivity index (χ3n) is 5.39. The summed E-state index contributed by atoms with van der Waals surface area (Å²) < 4.78 is 32.7. The Bertz CT molecular complexity index is 969. The summed E-state index contributed by atoms with van der Waals surface area (Å²) in [5, 5.41) is 2.84. The van der Waals surface area contributed by atoms with E-state index >= 15 is 0 Å². The predicted octanol–water partition coefficient (Wildman–Crippen LogP) is 3.33. The first-order valence-electron chi connectivity index (χ1n) is 10.6. The van der Waals surface area contributed by atoms with Crippen LogP contribution >= 0.6 is 0 Å². The lowest BCUT2D eigenvalue weighted by Crippen LogP contribution is -2.32. The number of nitrogens with zero attached hydrogens (tertiary/aromatic N) is 2. The van der Waals surface area contributed by atoms with Gasteiger partial charge in [-0.05, 0) is 50.2 Å². The van der Waals surface area contributed by atoms with E-state index in [0.717, 1.165) is 37.0 Å². The van der Waals surface area contributed by atoms with Crippen molar-refractivity contribution in [2.45, 2.75) is 37.1 Å². The maximum atomic E-state index is 12.9. The lowest BCUT2D eigenvalue weighted by molar-refractivity contribution is -0.117. The van der Waals surface area contributed by atoms with Gasteiger partial charge in [-0.2, -0.15) is 4.31 Å². The van der Waals surface area contributed by atoms with Gasteiger partial charge >= 0.3 is 0 Å². The van der Waals surface area contributed by atoms with Crippen LogP contribution in [0, 0.1) is 0 Å². The van der Waals surface area contributed by atoms with Crippen molar-refractivity contribution in [3.63, 3.8) is 0 Å². The topological polar surface area (TPSA) is 79.0 Å². The molecule has 0 radical (unpaired) electrons. The molecule has 2 aromatic rings. The van der Waals surface area contributed by atoms with Crippen molar-refractivity contribution in [1.29, 1.82) is 0 Å². The number of rotatable bonds is 8. The summed E-state index contributed by atoms with van der Waals surface area (Å²) in [6.45, 7) is 1.91. The molecule has 0 bridgehead atoms. The number of sulfonamides is 1. The highest BCUT2D eigenvalue weighted by atomic mass is 32.2. The molecular formula is C23H31N3O4S. The first-order chi connectivity index (χ1) is 14.9. The van der Waals surface area contributed by atoms with Crippen molar-refractivity contribution in [2.75, 3.05) is 39.1 Å². The monoisotopic (exact) mass is 445 g/mol. The fourth-order valence-corrected chi connectivity index (χ4v) is 5.28. The van der Waals surface area contributed by atoms with Gasteiger partial charge in [0.1, 0.15) is 5.75 Å². The summed E-state index contributed by atoms with van der Waals surface area (Å²) in [6.07, 6.45) is 3.94. The minimum absolute atomic E-state index is 0.166. The van der Waals surface area contributed by atoms with Crippen LogP contribution in [0.1, 0.15) is 31.2 Å². The largest absolute Gasteiger partial charge is 0.496 e. The van der Waals surface area contributed by atoms with Crippen LogP contribution in [0.4, 0.5) is 5.69 Å². The number of carbonyl (C=O) groups is 1. The molecule has 0 spiro atoms. The van der Waals surface area contributed by atoms with Gasteiger partial charge < -0.3 is 10.1 Å². The maximum Gasteiger partial charge on any atom is 0.243 e. The molecule has 0 aromatic heterocycles. The first kappa shape index (κ1) is 23.2. The second-order valence-electron chi connectivity index (χ2n) is 7.87. The zero-order valence-electron chi connectivity index (χ0n) is 18.2. The molecule has 1 heterocycles. The van der Waals surface area contributed by atoms with Gasteiger partial charge in [-0.1, -0.05) is 31.0 Å². The van der Waals surface area contributed by atoms with Gasteiger partial charge in [0.15, 0.2) is 0 Å². The van der Waals surface area contributed by atoms with Crippen molar-refractivity contribution in [1.82, 2.24) is 9.21 Å². The van der Waals surface area contributed by atoms with E-state index in [-0.39, 0.29) is 17.3 Å². The standard InChI is InChI=1S/C23H31N3O4S/c1-25(17-19-9-5-6-10-22(19)30-2)18-23(27)24-20-11-13-21(14-12-20)31(28,29)26-15-7-3-4-8-16-26/h5-6,9-14H,3-4,7-8,15-18H2,1-2H3,(H,24,27). The third-order valence-corrected chi connectivity index (χ3v) is 7.30. The molecule has 1 aliphatic rings. The molecule has 3 rings (SSSR count). The molecule has 1 amide bonds. The van der Waals surface area contributed by atoms with Crippen molar-refractivity contribution in [3.8, 4) is 5.75 Å². The molecule has 7 nitrogen and oxygen atoms in total. The Morgan fingerprint density at radius 2 is 1.68 bits per heavy atom. The normalized spacial score (nSPS) is 15.5. The highest BCUT2D eigenvalue weighted by Gasteiger charge is 2.25. The van der Waals surface area contributed by atoms with Crippen LogP contribution < -0.4 is 10.1 Å². The molecule has 1 fully saturated rings. The van der Waals surface area contributed by atoms with Crippen LogP contribution in [0.25, 0.3) is 0 Å². The number of ether oxygens (including phenoxy) is 1. The van der Waals surface area contributed by atoms with E-state index < -0.39 is 10.0 Å². The lowest BCUT2D eigenvalue weighted by atomic mass is 10.2. The van der Waals surface area contributed by atoms with Crippen LogP contribution in [0.3, 0.4) is 0 Å². The van der Waals surface area contributed by atoms with Crippen LogP contribution in [0.5, 0.6) is 5.75 Å². The maximum absolute atomic E-state index is 12.9. The Morgan fingerprint density at radius 1 is 1.03 bits per heavy atom. The number of methoxy groups -OCH3 is 1. The van der Waals surface area contributed by atoms with Gasteiger partial charge in [0.2, 0.25) is 15.9 Å². The lowest BCUT2D eigenvalue weighted by Gasteiger charge is -2.20. The SMILES string of the molecule is COc1ccccc1CN(C)CC(=O)Nc1ccc(S(=O)(=O)N2CCCCCC2)cc1. The molecule has 1 N–H and O–H groups in total. The minimum Gasteiger partial charge on any atom is -0.496 e. The van der Waals surface area contributed by atoms with Gasteiger partial charge in [0.05, 0.1) is 18.6 Å². The van der Waals surface area contributed by atoms with Crippen molar-refractivity contribution in [2.24, 2.45) is 0 Å². The third kappa shape index (κ3) is 6.29. The van der Waals surface area contributed by atoms with E-state index in [0.29, 0.717) is 25.3 Å². The fraction of sp³-hybridized carbons (Fsp3) is 0.435. The van der Waals surface area contributed by atoms with Gasteiger partial charge in [-0.3, -0.25) is 9.69 Å². The number of carbonyl (C=O) groups excluding carboxylic acids is 1. The second-order valence-corrected chi connectivity index (χ2v) is 9.81. The van der Waals surface area contributed by atoms with Crippen LogP contribution in [0.2, 0.25) is 0 Å². The molecule has 0 unspecified atom stereocenters. The average molecular weight is 446 g/mol. The van der Waals surface area contributed by atoms with E-state index in [1.807, 2.05) is 36.2 Å². The number of hydrogen-bond acceptors (Lipinski definition) is 5. The Hall–Kier alpha value is -2.42. The number of nitrogens with one attached hydrogen (secondary N) is 1. The van der Waals surface area contributed by atoms with E-state index in [9.17, 15) is 13.2 Å². The zero-order chi connectivity index (χ0) is 22.3. The highest BCUT2D eigenvalue weighted by Crippen LogP contribution is 2.22. The molecule has 1 saturated heterocycles. The molecule has 168 valence electrons. The Kier molecular flexibility index (Phi) is 8.06. The van der Waals surface area contributed by atoms with Crippen molar-refractivity contribution in [3.05, 3.63) is 54.1 Å². The summed E-state index contributed by atoms with van der Waals surface area (Å²) in [4.78, 5) is 14.6. The number of amides is 1. The van der Waals surface area contributed by atoms with Crippen LogP contribution in [-0.4, -0.2) is 57.3 Å². The van der Waals surface area contributed by atoms with E-state index in [4.69, 9.17) is 4.74 Å². The number of hydrogen-bond donors (Lipinski definition) is 1. The predicted molar refractivity (Wildman–Crippen MR) is 122 cm³/mol. The molecular weight excluding hydrogens is 414 g/mol. The van der Waals surface area contributed by atoms with Gasteiger partial charge in [-0.25, -0.2) is 8.42 Å².